The molecule has 0 aromatic heterocycles. The van der Waals surface area contributed by atoms with Crippen molar-refractivity contribution in [1.82, 2.24) is 0 Å². The lowest BCUT2D eigenvalue weighted by Crippen LogP contribution is -2.24. The van der Waals surface area contributed by atoms with E-state index in [4.69, 9.17) is 28.4 Å². The molecule has 0 fully saturated rings. The molecule has 22 heavy (non-hydrogen) atoms. The van der Waals surface area contributed by atoms with Crippen molar-refractivity contribution in [2.45, 2.75) is 20.0 Å². The highest BCUT2D eigenvalue weighted by molar-refractivity contribution is 4.51. The molecule has 0 radical (unpaired) electrons. The van der Waals surface area contributed by atoms with Crippen molar-refractivity contribution in [1.29, 1.82) is 0 Å². The Bertz CT molecular complexity index is 184. The second-order valence-corrected chi connectivity index (χ2v) is 4.42. The molecule has 0 rings (SSSR count). The highest BCUT2D eigenvalue weighted by Crippen LogP contribution is 1.89. The van der Waals surface area contributed by atoms with Gasteiger partial charge in [-0.2, -0.15) is 0 Å². The first kappa shape index (κ1) is 21.7. The molecule has 0 aliphatic carbocycles. The minimum atomic E-state index is -0.633. The zero-order valence-corrected chi connectivity index (χ0v) is 14.0. The monoisotopic (exact) mass is 324 g/mol. The summed E-state index contributed by atoms with van der Waals surface area (Å²) in [6.45, 7) is 9.96. The van der Waals surface area contributed by atoms with E-state index in [2.05, 4.69) is 0 Å². The van der Waals surface area contributed by atoms with Crippen LogP contribution >= 0.6 is 0 Å². The predicted octanol–water partition coefficient (Wildman–Crippen LogP) is 0.487. The second kappa shape index (κ2) is 18.8. The molecule has 0 spiro atoms. The third kappa shape index (κ3) is 17.8. The van der Waals surface area contributed by atoms with Gasteiger partial charge in [0.15, 0.2) is 0 Å². The lowest BCUT2D eigenvalue weighted by Gasteiger charge is -2.12. The number of ether oxygens (including phenoxy) is 6. The Morgan fingerprint density at radius 2 is 0.864 bits per heavy atom. The Morgan fingerprint density at radius 1 is 0.545 bits per heavy atom. The third-order valence-electron chi connectivity index (χ3n) is 2.52. The summed E-state index contributed by atoms with van der Waals surface area (Å²) in [7, 11) is 0. The molecule has 0 aliphatic rings. The van der Waals surface area contributed by atoms with Gasteiger partial charge in [0, 0.05) is 13.2 Å². The van der Waals surface area contributed by atoms with Crippen LogP contribution in [0.3, 0.4) is 0 Å². The fourth-order valence-corrected chi connectivity index (χ4v) is 1.45. The van der Waals surface area contributed by atoms with Gasteiger partial charge in [-0.25, -0.2) is 0 Å². The summed E-state index contributed by atoms with van der Waals surface area (Å²) in [6, 6.07) is 0. The van der Waals surface area contributed by atoms with E-state index in [1.807, 2.05) is 13.8 Å². The maximum atomic E-state index is 9.62. The molecule has 1 N–H and O–H groups in total. The Balaban J connectivity index is 3.11. The zero-order valence-electron chi connectivity index (χ0n) is 14.0. The number of hydrogen-bond donors (Lipinski definition) is 1. The van der Waals surface area contributed by atoms with Crippen LogP contribution in [0.4, 0.5) is 0 Å². The molecular weight excluding hydrogens is 292 g/mol. The molecule has 0 aromatic rings. The van der Waals surface area contributed by atoms with Gasteiger partial charge >= 0.3 is 0 Å². The van der Waals surface area contributed by atoms with Crippen LogP contribution in [0.25, 0.3) is 0 Å². The highest BCUT2D eigenvalue weighted by atomic mass is 16.6. The SMILES string of the molecule is CCOCCOCCOCC(O)COCCOCCOCC. The van der Waals surface area contributed by atoms with E-state index in [9.17, 15) is 5.11 Å². The van der Waals surface area contributed by atoms with Crippen LogP contribution in [-0.2, 0) is 28.4 Å². The van der Waals surface area contributed by atoms with Gasteiger partial charge in [-0.1, -0.05) is 0 Å². The van der Waals surface area contributed by atoms with Crippen molar-refractivity contribution in [3.05, 3.63) is 0 Å². The average Bonchev–Trinajstić information content (AvgIpc) is 2.52. The normalized spacial score (nSPS) is 11.5. The summed E-state index contributed by atoms with van der Waals surface area (Å²) in [5.74, 6) is 0. The van der Waals surface area contributed by atoms with Gasteiger partial charge in [-0.3, -0.25) is 0 Å². The first-order valence-corrected chi connectivity index (χ1v) is 7.95. The van der Waals surface area contributed by atoms with Crippen LogP contribution in [0.2, 0.25) is 0 Å². The molecular formula is C15H32O7. The Labute approximate surface area is 133 Å². The second-order valence-electron chi connectivity index (χ2n) is 4.42. The Morgan fingerprint density at radius 3 is 1.23 bits per heavy atom. The van der Waals surface area contributed by atoms with E-state index < -0.39 is 6.10 Å². The van der Waals surface area contributed by atoms with Crippen LogP contribution < -0.4 is 0 Å². The summed E-state index contributed by atoms with van der Waals surface area (Å²) in [6.07, 6.45) is -0.633. The molecule has 0 heterocycles. The van der Waals surface area contributed by atoms with Crippen molar-refractivity contribution in [2.24, 2.45) is 0 Å². The van der Waals surface area contributed by atoms with E-state index in [-0.39, 0.29) is 13.2 Å². The van der Waals surface area contributed by atoms with E-state index in [1.165, 1.54) is 0 Å². The smallest absolute Gasteiger partial charge is 0.101 e. The first-order chi connectivity index (χ1) is 10.8. The molecule has 0 saturated heterocycles. The number of aliphatic hydroxyl groups excluding tert-OH is 1. The maximum Gasteiger partial charge on any atom is 0.101 e. The van der Waals surface area contributed by atoms with E-state index in [0.717, 1.165) is 0 Å². The number of rotatable bonds is 18. The zero-order chi connectivity index (χ0) is 16.3. The minimum Gasteiger partial charge on any atom is -0.388 e. The van der Waals surface area contributed by atoms with Gasteiger partial charge in [0.25, 0.3) is 0 Å². The fraction of sp³-hybridized carbons (Fsp3) is 1.00. The molecule has 0 atom stereocenters. The highest BCUT2D eigenvalue weighted by Gasteiger charge is 2.04. The minimum absolute atomic E-state index is 0.236. The van der Waals surface area contributed by atoms with Gasteiger partial charge < -0.3 is 33.5 Å². The fourth-order valence-electron chi connectivity index (χ4n) is 1.45. The quantitative estimate of drug-likeness (QED) is 0.368. The van der Waals surface area contributed by atoms with Gasteiger partial charge in [0.1, 0.15) is 6.10 Å². The standard InChI is InChI=1S/C15H32O7/c1-3-17-5-7-19-9-11-21-13-15(16)14-22-12-10-20-8-6-18-4-2/h15-16H,3-14H2,1-2H3. The predicted molar refractivity (Wildman–Crippen MR) is 82.3 cm³/mol. The third-order valence-corrected chi connectivity index (χ3v) is 2.52. The van der Waals surface area contributed by atoms with Gasteiger partial charge in [0.05, 0.1) is 66.1 Å². The van der Waals surface area contributed by atoms with Crippen molar-refractivity contribution in [3.8, 4) is 0 Å². The lowest BCUT2D eigenvalue weighted by atomic mass is 10.4. The van der Waals surface area contributed by atoms with E-state index in [1.54, 1.807) is 0 Å². The van der Waals surface area contributed by atoms with Crippen LogP contribution in [0, 0.1) is 0 Å². The summed E-state index contributed by atoms with van der Waals surface area (Å²) < 4.78 is 31.4. The van der Waals surface area contributed by atoms with Crippen LogP contribution in [-0.4, -0.2) is 90.5 Å². The Hall–Kier alpha value is -0.280. The van der Waals surface area contributed by atoms with Crippen molar-refractivity contribution in [3.63, 3.8) is 0 Å². The molecule has 0 amide bonds. The summed E-state index contributed by atoms with van der Waals surface area (Å²) in [5.41, 5.74) is 0. The van der Waals surface area contributed by atoms with Crippen LogP contribution in [0.15, 0.2) is 0 Å². The Kier molecular flexibility index (Phi) is 18.5. The van der Waals surface area contributed by atoms with Gasteiger partial charge in [-0.05, 0) is 13.8 Å². The first-order valence-electron chi connectivity index (χ1n) is 7.95. The largest absolute Gasteiger partial charge is 0.388 e. The van der Waals surface area contributed by atoms with Gasteiger partial charge in [-0.15, -0.1) is 0 Å². The summed E-state index contributed by atoms with van der Waals surface area (Å²) in [5, 5.41) is 9.62. The van der Waals surface area contributed by atoms with Crippen LogP contribution in [0.1, 0.15) is 13.8 Å². The molecule has 7 heteroatoms. The molecule has 134 valence electrons. The van der Waals surface area contributed by atoms with E-state index in [0.29, 0.717) is 66.1 Å². The summed E-state index contributed by atoms with van der Waals surface area (Å²) in [4.78, 5) is 0. The topological polar surface area (TPSA) is 75.6 Å². The van der Waals surface area contributed by atoms with Gasteiger partial charge in [0.2, 0.25) is 0 Å². The van der Waals surface area contributed by atoms with E-state index >= 15 is 0 Å². The summed E-state index contributed by atoms with van der Waals surface area (Å²) >= 11 is 0. The molecule has 0 aliphatic heterocycles. The molecule has 0 aromatic carbocycles. The maximum absolute atomic E-state index is 9.62. The lowest BCUT2D eigenvalue weighted by molar-refractivity contribution is -0.0465. The van der Waals surface area contributed by atoms with Crippen molar-refractivity contribution < 1.29 is 33.5 Å². The molecule has 7 nitrogen and oxygen atoms in total. The number of aliphatic hydroxyl groups is 1. The average molecular weight is 324 g/mol. The molecule has 0 bridgehead atoms. The van der Waals surface area contributed by atoms with Crippen molar-refractivity contribution in [2.75, 3.05) is 79.3 Å². The van der Waals surface area contributed by atoms with Crippen LogP contribution in [0.5, 0.6) is 0 Å². The van der Waals surface area contributed by atoms with Crippen molar-refractivity contribution >= 4 is 0 Å². The molecule has 0 saturated carbocycles. The molecule has 0 unspecified atom stereocenters. The number of hydrogen-bond acceptors (Lipinski definition) is 7.